The largest absolute Gasteiger partial charge is 0.345 e. The summed E-state index contributed by atoms with van der Waals surface area (Å²) in [6, 6.07) is 7.53. The SMILES string of the molecule is C[C@H]1CCc2c(sc3ncnc(Nc4ccc(C(=O)N(C)C)cc4)c23)C1. The molecule has 1 atom stereocenters. The van der Waals surface area contributed by atoms with Crippen molar-refractivity contribution in [2.24, 2.45) is 5.92 Å². The summed E-state index contributed by atoms with van der Waals surface area (Å²) in [5.41, 5.74) is 3.00. The zero-order valence-corrected chi connectivity index (χ0v) is 16.1. The predicted molar refractivity (Wildman–Crippen MR) is 106 cm³/mol. The highest BCUT2D eigenvalue weighted by Crippen LogP contribution is 2.40. The summed E-state index contributed by atoms with van der Waals surface area (Å²) in [7, 11) is 3.51. The van der Waals surface area contributed by atoms with Crippen LogP contribution in [0.25, 0.3) is 10.2 Å². The van der Waals surface area contributed by atoms with Gasteiger partial charge in [-0.1, -0.05) is 6.92 Å². The maximum atomic E-state index is 12.0. The molecule has 26 heavy (non-hydrogen) atoms. The number of aryl methyl sites for hydroxylation is 1. The molecule has 1 N–H and O–H groups in total. The third-order valence-electron chi connectivity index (χ3n) is 4.89. The first-order chi connectivity index (χ1) is 12.5. The average molecular weight is 366 g/mol. The summed E-state index contributed by atoms with van der Waals surface area (Å²) in [6.45, 7) is 2.31. The number of benzene rings is 1. The van der Waals surface area contributed by atoms with Gasteiger partial charge in [0.25, 0.3) is 5.91 Å². The van der Waals surface area contributed by atoms with E-state index in [4.69, 9.17) is 0 Å². The molecule has 0 bridgehead atoms. The zero-order chi connectivity index (χ0) is 18.3. The number of thiophene rings is 1. The Bertz CT molecular complexity index is 962. The first-order valence-corrected chi connectivity index (χ1v) is 9.68. The molecule has 0 aliphatic heterocycles. The van der Waals surface area contributed by atoms with Crippen molar-refractivity contribution in [3.8, 4) is 0 Å². The van der Waals surface area contributed by atoms with Gasteiger partial charge in [-0.15, -0.1) is 11.3 Å². The van der Waals surface area contributed by atoms with E-state index in [9.17, 15) is 4.79 Å². The highest BCUT2D eigenvalue weighted by Gasteiger charge is 2.23. The van der Waals surface area contributed by atoms with Crippen molar-refractivity contribution in [3.63, 3.8) is 0 Å². The van der Waals surface area contributed by atoms with Crippen molar-refractivity contribution in [1.82, 2.24) is 14.9 Å². The monoisotopic (exact) mass is 366 g/mol. The number of carbonyl (C=O) groups excluding carboxylic acids is 1. The summed E-state index contributed by atoms with van der Waals surface area (Å²) in [6.07, 6.45) is 5.07. The van der Waals surface area contributed by atoms with Gasteiger partial charge in [-0.05, 0) is 55.0 Å². The van der Waals surface area contributed by atoms with E-state index in [0.717, 1.165) is 40.5 Å². The number of rotatable bonds is 3. The van der Waals surface area contributed by atoms with E-state index in [1.165, 1.54) is 16.9 Å². The van der Waals surface area contributed by atoms with Crippen LogP contribution in [-0.4, -0.2) is 34.9 Å². The van der Waals surface area contributed by atoms with Crippen LogP contribution in [0.4, 0.5) is 11.5 Å². The number of anilines is 2. The minimum absolute atomic E-state index is 0.00185. The Morgan fingerprint density at radius 1 is 1.23 bits per heavy atom. The van der Waals surface area contributed by atoms with Crippen LogP contribution in [0.3, 0.4) is 0 Å². The smallest absolute Gasteiger partial charge is 0.253 e. The van der Waals surface area contributed by atoms with E-state index in [1.807, 2.05) is 24.3 Å². The molecule has 5 nitrogen and oxygen atoms in total. The summed E-state index contributed by atoms with van der Waals surface area (Å²) in [5.74, 6) is 1.59. The molecule has 0 radical (unpaired) electrons. The summed E-state index contributed by atoms with van der Waals surface area (Å²) >= 11 is 1.80. The van der Waals surface area contributed by atoms with Crippen LogP contribution in [0, 0.1) is 5.92 Å². The van der Waals surface area contributed by atoms with E-state index < -0.39 is 0 Å². The second-order valence-corrected chi connectivity index (χ2v) is 8.24. The number of nitrogens with zero attached hydrogens (tertiary/aromatic N) is 3. The first kappa shape index (κ1) is 17.0. The van der Waals surface area contributed by atoms with Gasteiger partial charge in [-0.2, -0.15) is 0 Å². The predicted octanol–water partition coefficient (Wildman–Crippen LogP) is 4.26. The van der Waals surface area contributed by atoms with Gasteiger partial charge in [0.15, 0.2) is 0 Å². The molecule has 0 saturated heterocycles. The molecule has 2 aromatic heterocycles. The van der Waals surface area contributed by atoms with E-state index in [0.29, 0.717) is 5.56 Å². The third kappa shape index (κ3) is 3.05. The van der Waals surface area contributed by atoms with Crippen molar-refractivity contribution in [2.75, 3.05) is 19.4 Å². The number of hydrogen-bond donors (Lipinski definition) is 1. The van der Waals surface area contributed by atoms with Crippen molar-refractivity contribution in [3.05, 3.63) is 46.6 Å². The maximum absolute atomic E-state index is 12.0. The molecular weight excluding hydrogens is 344 g/mol. The molecule has 4 rings (SSSR count). The summed E-state index contributed by atoms with van der Waals surface area (Å²) < 4.78 is 0. The molecule has 1 amide bonds. The van der Waals surface area contributed by atoms with Gasteiger partial charge in [-0.3, -0.25) is 4.79 Å². The molecule has 2 heterocycles. The lowest BCUT2D eigenvalue weighted by atomic mass is 9.89. The van der Waals surface area contributed by atoms with E-state index in [2.05, 4.69) is 22.2 Å². The third-order valence-corrected chi connectivity index (χ3v) is 6.05. The summed E-state index contributed by atoms with van der Waals surface area (Å²) in [4.78, 5) is 25.1. The highest BCUT2D eigenvalue weighted by molar-refractivity contribution is 7.19. The maximum Gasteiger partial charge on any atom is 0.253 e. The van der Waals surface area contributed by atoms with Gasteiger partial charge < -0.3 is 10.2 Å². The molecule has 134 valence electrons. The van der Waals surface area contributed by atoms with Crippen molar-refractivity contribution in [1.29, 1.82) is 0 Å². The van der Waals surface area contributed by atoms with E-state index in [-0.39, 0.29) is 5.91 Å². The number of hydrogen-bond acceptors (Lipinski definition) is 5. The highest BCUT2D eigenvalue weighted by atomic mass is 32.1. The van der Waals surface area contributed by atoms with Crippen LogP contribution in [0.15, 0.2) is 30.6 Å². The standard InChI is InChI=1S/C20H22N4OS/c1-12-4-9-15-16(10-12)26-19-17(15)18(21-11-22-19)23-14-7-5-13(6-8-14)20(25)24(2)3/h5-8,11-12H,4,9-10H2,1-3H3,(H,21,22,23)/t12-/m0/s1. The van der Waals surface area contributed by atoms with Crippen LogP contribution in [0.1, 0.15) is 34.1 Å². The average Bonchev–Trinajstić information content (AvgIpc) is 3.00. The van der Waals surface area contributed by atoms with Gasteiger partial charge in [0, 0.05) is 30.2 Å². The number of nitrogens with one attached hydrogen (secondary N) is 1. The van der Waals surface area contributed by atoms with Gasteiger partial charge in [0.2, 0.25) is 0 Å². The molecule has 1 aromatic carbocycles. The lowest BCUT2D eigenvalue weighted by molar-refractivity contribution is 0.0827. The van der Waals surface area contributed by atoms with Gasteiger partial charge in [0.05, 0.1) is 5.39 Å². The summed E-state index contributed by atoms with van der Waals surface area (Å²) in [5, 5.41) is 4.58. The fourth-order valence-electron chi connectivity index (χ4n) is 3.46. The second kappa shape index (κ2) is 6.68. The first-order valence-electron chi connectivity index (χ1n) is 8.87. The number of amides is 1. The van der Waals surface area contributed by atoms with Crippen LogP contribution < -0.4 is 5.32 Å². The van der Waals surface area contributed by atoms with Gasteiger partial charge in [0.1, 0.15) is 17.0 Å². The van der Waals surface area contributed by atoms with Gasteiger partial charge in [-0.25, -0.2) is 9.97 Å². The lowest BCUT2D eigenvalue weighted by Gasteiger charge is -2.18. The van der Waals surface area contributed by atoms with Crippen LogP contribution in [0.5, 0.6) is 0 Å². The Morgan fingerprint density at radius 3 is 2.73 bits per heavy atom. The van der Waals surface area contributed by atoms with Crippen LogP contribution >= 0.6 is 11.3 Å². The van der Waals surface area contributed by atoms with Crippen molar-refractivity contribution >= 4 is 39.0 Å². The van der Waals surface area contributed by atoms with E-state index in [1.54, 1.807) is 36.7 Å². The normalized spacial score (nSPS) is 16.3. The Labute approximate surface area is 157 Å². The molecule has 1 aliphatic carbocycles. The molecule has 0 spiro atoms. The Balaban J connectivity index is 1.66. The molecule has 6 heteroatoms. The van der Waals surface area contributed by atoms with Crippen LogP contribution in [-0.2, 0) is 12.8 Å². The molecular formula is C20H22N4OS. The minimum atomic E-state index is 0.00185. The molecule has 0 saturated carbocycles. The van der Waals surface area contributed by atoms with Crippen molar-refractivity contribution < 1.29 is 4.79 Å². The molecule has 1 aliphatic rings. The van der Waals surface area contributed by atoms with Crippen LogP contribution in [0.2, 0.25) is 0 Å². The molecule has 3 aromatic rings. The molecule has 0 fully saturated rings. The fraction of sp³-hybridized carbons (Fsp3) is 0.350. The number of fused-ring (bicyclic) bond motifs is 3. The van der Waals surface area contributed by atoms with Crippen molar-refractivity contribution in [2.45, 2.75) is 26.2 Å². The zero-order valence-electron chi connectivity index (χ0n) is 15.2. The second-order valence-electron chi connectivity index (χ2n) is 7.16. The van der Waals surface area contributed by atoms with Gasteiger partial charge >= 0.3 is 0 Å². The Morgan fingerprint density at radius 2 is 2.00 bits per heavy atom. The topological polar surface area (TPSA) is 58.1 Å². The quantitative estimate of drug-likeness (QED) is 0.752. The number of aromatic nitrogens is 2. The number of carbonyl (C=O) groups is 1. The fourth-order valence-corrected chi connectivity index (χ4v) is 4.81. The van der Waals surface area contributed by atoms with E-state index >= 15 is 0 Å². The lowest BCUT2D eigenvalue weighted by Crippen LogP contribution is -2.21. The minimum Gasteiger partial charge on any atom is -0.345 e. The Hall–Kier alpha value is -2.47. The Kier molecular flexibility index (Phi) is 4.36. The molecule has 0 unspecified atom stereocenters.